The molecule has 2 heterocycles. The van der Waals surface area contributed by atoms with E-state index in [1.165, 1.54) is 0 Å². The molecular formula is C13H18N4O2. The van der Waals surface area contributed by atoms with E-state index in [0.29, 0.717) is 32.7 Å². The van der Waals surface area contributed by atoms with Crippen molar-refractivity contribution < 1.29 is 9.59 Å². The van der Waals surface area contributed by atoms with E-state index in [1.807, 2.05) is 18.2 Å². The van der Waals surface area contributed by atoms with Crippen LogP contribution in [-0.2, 0) is 11.3 Å². The molecule has 0 aromatic carbocycles. The first-order valence-corrected chi connectivity index (χ1v) is 6.35. The summed E-state index contributed by atoms with van der Waals surface area (Å²) < 4.78 is 0. The van der Waals surface area contributed by atoms with Gasteiger partial charge in [0.2, 0.25) is 5.91 Å². The zero-order valence-corrected chi connectivity index (χ0v) is 11.0. The Morgan fingerprint density at radius 3 is 2.47 bits per heavy atom. The van der Waals surface area contributed by atoms with Gasteiger partial charge in [0.1, 0.15) is 0 Å². The van der Waals surface area contributed by atoms with E-state index in [0.717, 1.165) is 5.69 Å². The largest absolute Gasteiger partial charge is 0.339 e. The van der Waals surface area contributed by atoms with Gasteiger partial charge < -0.3 is 15.1 Å². The number of amides is 3. The summed E-state index contributed by atoms with van der Waals surface area (Å²) in [5, 5.41) is 2.83. The molecule has 3 amide bonds. The fraction of sp³-hybridized carbons (Fsp3) is 0.462. The first kappa shape index (κ1) is 13.3. The first-order chi connectivity index (χ1) is 9.16. The van der Waals surface area contributed by atoms with Crippen molar-refractivity contribution in [2.45, 2.75) is 13.5 Å². The van der Waals surface area contributed by atoms with Gasteiger partial charge in [0, 0.05) is 39.3 Å². The molecule has 19 heavy (non-hydrogen) atoms. The van der Waals surface area contributed by atoms with Gasteiger partial charge in [-0.25, -0.2) is 4.79 Å². The van der Waals surface area contributed by atoms with Gasteiger partial charge in [-0.05, 0) is 12.1 Å². The molecule has 0 radical (unpaired) electrons. The third-order valence-electron chi connectivity index (χ3n) is 3.16. The number of aromatic nitrogens is 1. The Hall–Kier alpha value is -2.11. The summed E-state index contributed by atoms with van der Waals surface area (Å²) in [6.07, 6.45) is 1.70. The molecular weight excluding hydrogens is 244 g/mol. The highest BCUT2D eigenvalue weighted by Crippen LogP contribution is 2.02. The van der Waals surface area contributed by atoms with Gasteiger partial charge in [0.15, 0.2) is 0 Å². The molecule has 0 unspecified atom stereocenters. The number of nitrogens with zero attached hydrogens (tertiary/aromatic N) is 3. The summed E-state index contributed by atoms with van der Waals surface area (Å²) in [7, 11) is 0. The van der Waals surface area contributed by atoms with E-state index in [2.05, 4.69) is 10.3 Å². The third kappa shape index (κ3) is 3.67. The van der Waals surface area contributed by atoms with Crippen molar-refractivity contribution in [3.63, 3.8) is 0 Å². The Morgan fingerprint density at radius 1 is 1.21 bits per heavy atom. The molecule has 0 spiro atoms. The van der Waals surface area contributed by atoms with Crippen LogP contribution in [0.25, 0.3) is 0 Å². The number of hydrogen-bond donors (Lipinski definition) is 1. The SMILES string of the molecule is CC(=O)N1CCN(C(=O)NCc2ccccn2)CC1. The average Bonchev–Trinajstić information content (AvgIpc) is 2.46. The molecule has 1 saturated heterocycles. The number of urea groups is 1. The van der Waals surface area contributed by atoms with Crippen LogP contribution in [0.4, 0.5) is 4.79 Å². The molecule has 6 nitrogen and oxygen atoms in total. The minimum absolute atomic E-state index is 0.0635. The van der Waals surface area contributed by atoms with E-state index >= 15 is 0 Å². The molecule has 1 aliphatic heterocycles. The highest BCUT2D eigenvalue weighted by atomic mass is 16.2. The van der Waals surface area contributed by atoms with Crippen molar-refractivity contribution in [3.8, 4) is 0 Å². The zero-order valence-electron chi connectivity index (χ0n) is 11.0. The van der Waals surface area contributed by atoms with E-state index in [1.54, 1.807) is 22.9 Å². The van der Waals surface area contributed by atoms with Crippen LogP contribution in [0, 0.1) is 0 Å². The van der Waals surface area contributed by atoms with Gasteiger partial charge in [0.05, 0.1) is 12.2 Å². The lowest BCUT2D eigenvalue weighted by Crippen LogP contribution is -2.52. The van der Waals surface area contributed by atoms with Crippen molar-refractivity contribution in [2.24, 2.45) is 0 Å². The molecule has 1 aromatic heterocycles. The van der Waals surface area contributed by atoms with Crippen LogP contribution in [0.15, 0.2) is 24.4 Å². The zero-order chi connectivity index (χ0) is 13.7. The molecule has 0 atom stereocenters. The molecule has 1 aliphatic rings. The van der Waals surface area contributed by atoms with Gasteiger partial charge >= 0.3 is 6.03 Å². The van der Waals surface area contributed by atoms with E-state index < -0.39 is 0 Å². The minimum Gasteiger partial charge on any atom is -0.339 e. The maximum Gasteiger partial charge on any atom is 0.317 e. The number of piperazine rings is 1. The van der Waals surface area contributed by atoms with Gasteiger partial charge in [-0.1, -0.05) is 6.07 Å². The summed E-state index contributed by atoms with van der Waals surface area (Å²) in [5.41, 5.74) is 0.832. The van der Waals surface area contributed by atoms with E-state index in [-0.39, 0.29) is 11.9 Å². The predicted molar refractivity (Wildman–Crippen MR) is 70.3 cm³/mol. The second kappa shape index (κ2) is 6.17. The molecule has 6 heteroatoms. The van der Waals surface area contributed by atoms with Crippen LogP contribution in [0.3, 0.4) is 0 Å². The average molecular weight is 262 g/mol. The molecule has 102 valence electrons. The maximum absolute atomic E-state index is 11.9. The highest BCUT2D eigenvalue weighted by Gasteiger charge is 2.21. The van der Waals surface area contributed by atoms with Crippen molar-refractivity contribution in [3.05, 3.63) is 30.1 Å². The highest BCUT2D eigenvalue weighted by molar-refractivity contribution is 5.76. The summed E-state index contributed by atoms with van der Waals surface area (Å²) >= 11 is 0. The number of hydrogen-bond acceptors (Lipinski definition) is 3. The number of nitrogens with one attached hydrogen (secondary N) is 1. The summed E-state index contributed by atoms with van der Waals surface area (Å²) in [4.78, 5) is 30.7. The molecule has 1 aromatic rings. The Kier molecular flexibility index (Phi) is 4.33. The minimum atomic E-state index is -0.103. The summed E-state index contributed by atoms with van der Waals surface area (Å²) in [6.45, 7) is 4.34. The molecule has 0 saturated carbocycles. The van der Waals surface area contributed by atoms with Crippen LogP contribution in [0.1, 0.15) is 12.6 Å². The molecule has 0 aliphatic carbocycles. The van der Waals surface area contributed by atoms with Crippen molar-refractivity contribution in [1.29, 1.82) is 0 Å². The Labute approximate surface area is 112 Å². The quantitative estimate of drug-likeness (QED) is 0.842. The second-order valence-electron chi connectivity index (χ2n) is 4.47. The lowest BCUT2D eigenvalue weighted by molar-refractivity contribution is -0.130. The van der Waals surface area contributed by atoms with E-state index in [4.69, 9.17) is 0 Å². The van der Waals surface area contributed by atoms with Gasteiger partial charge in [-0.15, -0.1) is 0 Å². The van der Waals surface area contributed by atoms with E-state index in [9.17, 15) is 9.59 Å². The van der Waals surface area contributed by atoms with Crippen LogP contribution in [-0.4, -0.2) is 52.9 Å². The lowest BCUT2D eigenvalue weighted by atomic mass is 10.3. The Morgan fingerprint density at radius 2 is 1.89 bits per heavy atom. The maximum atomic E-state index is 11.9. The van der Waals surface area contributed by atoms with Crippen molar-refractivity contribution in [1.82, 2.24) is 20.1 Å². The second-order valence-corrected chi connectivity index (χ2v) is 4.47. The number of rotatable bonds is 2. The number of carbonyl (C=O) groups is 2. The number of pyridine rings is 1. The van der Waals surface area contributed by atoms with Crippen LogP contribution >= 0.6 is 0 Å². The van der Waals surface area contributed by atoms with Gasteiger partial charge in [-0.3, -0.25) is 9.78 Å². The fourth-order valence-corrected chi connectivity index (χ4v) is 2.01. The Bertz CT molecular complexity index is 441. The smallest absolute Gasteiger partial charge is 0.317 e. The van der Waals surface area contributed by atoms with Crippen molar-refractivity contribution >= 4 is 11.9 Å². The van der Waals surface area contributed by atoms with Crippen LogP contribution in [0.2, 0.25) is 0 Å². The topological polar surface area (TPSA) is 65.5 Å². The standard InChI is InChI=1S/C13H18N4O2/c1-11(18)16-6-8-17(9-7-16)13(19)15-10-12-4-2-3-5-14-12/h2-5H,6-10H2,1H3,(H,15,19). The van der Waals surface area contributed by atoms with Gasteiger partial charge in [-0.2, -0.15) is 0 Å². The molecule has 0 bridgehead atoms. The lowest BCUT2D eigenvalue weighted by Gasteiger charge is -2.34. The van der Waals surface area contributed by atoms with Crippen molar-refractivity contribution in [2.75, 3.05) is 26.2 Å². The molecule has 1 fully saturated rings. The molecule has 2 rings (SSSR count). The normalized spacial score (nSPS) is 15.2. The first-order valence-electron chi connectivity index (χ1n) is 6.35. The number of carbonyl (C=O) groups excluding carboxylic acids is 2. The fourth-order valence-electron chi connectivity index (χ4n) is 2.01. The summed E-state index contributed by atoms with van der Waals surface area (Å²) in [6, 6.07) is 5.49. The molecule has 1 N–H and O–H groups in total. The predicted octanol–water partition coefficient (Wildman–Crippen LogP) is 0.455. The summed E-state index contributed by atoms with van der Waals surface area (Å²) in [5.74, 6) is 0.0635. The van der Waals surface area contributed by atoms with Crippen LogP contribution in [0.5, 0.6) is 0 Å². The third-order valence-corrected chi connectivity index (χ3v) is 3.16. The van der Waals surface area contributed by atoms with Crippen LogP contribution < -0.4 is 5.32 Å². The Balaban J connectivity index is 1.77. The van der Waals surface area contributed by atoms with Gasteiger partial charge in [0.25, 0.3) is 0 Å². The monoisotopic (exact) mass is 262 g/mol.